The molecule has 88 valence electrons. The van der Waals surface area contributed by atoms with Crippen LogP contribution in [0, 0.1) is 5.92 Å². The van der Waals surface area contributed by atoms with E-state index in [4.69, 9.17) is 5.11 Å². The van der Waals surface area contributed by atoms with Gasteiger partial charge >= 0.3 is 5.97 Å². The molecule has 0 aliphatic carbocycles. The lowest BCUT2D eigenvalue weighted by Crippen LogP contribution is -2.43. The molecule has 0 bridgehead atoms. The van der Waals surface area contributed by atoms with Crippen LogP contribution in [0.1, 0.15) is 6.92 Å². The number of carbonyl (C=O) groups excluding carboxylic acids is 1. The first-order chi connectivity index (χ1) is 7.51. The molecule has 1 aliphatic rings. The van der Waals surface area contributed by atoms with E-state index in [1.54, 1.807) is 19.1 Å². The Bertz CT molecular complexity index is 351. The SMILES string of the molecule is C=CC1=CC(C(=O)O)N(C(=O)C(C)CS)C1. The molecule has 0 aromatic carbocycles. The van der Waals surface area contributed by atoms with E-state index in [-0.39, 0.29) is 11.8 Å². The molecule has 0 saturated heterocycles. The summed E-state index contributed by atoms with van der Waals surface area (Å²) in [5.41, 5.74) is 0.770. The van der Waals surface area contributed by atoms with Gasteiger partial charge in [-0.3, -0.25) is 4.79 Å². The molecule has 0 saturated carbocycles. The standard InChI is InChI=1S/C11H15NO3S/c1-3-8-4-9(11(14)15)12(5-8)10(13)7(2)6-16/h3-4,7,9,16H,1,5-6H2,2H3,(H,14,15). The number of carboxylic acids is 1. The molecule has 1 heterocycles. The largest absolute Gasteiger partial charge is 0.479 e. The molecule has 1 rings (SSSR count). The van der Waals surface area contributed by atoms with Crippen molar-refractivity contribution in [1.82, 2.24) is 4.90 Å². The molecule has 0 spiro atoms. The Kier molecular flexibility index (Phi) is 4.18. The summed E-state index contributed by atoms with van der Waals surface area (Å²) in [7, 11) is 0. The van der Waals surface area contributed by atoms with Crippen molar-refractivity contribution in [2.75, 3.05) is 12.3 Å². The van der Waals surface area contributed by atoms with Crippen molar-refractivity contribution >= 4 is 24.5 Å². The van der Waals surface area contributed by atoms with Crippen LogP contribution in [-0.4, -0.2) is 40.2 Å². The van der Waals surface area contributed by atoms with Crippen LogP contribution < -0.4 is 0 Å². The Hall–Kier alpha value is -1.23. The zero-order valence-corrected chi connectivity index (χ0v) is 9.98. The molecule has 2 unspecified atom stereocenters. The molecule has 0 aromatic rings. The Morgan fingerprint density at radius 2 is 2.44 bits per heavy atom. The highest BCUT2D eigenvalue weighted by molar-refractivity contribution is 7.80. The number of nitrogens with zero attached hydrogens (tertiary/aromatic N) is 1. The normalized spacial score (nSPS) is 21.5. The zero-order valence-electron chi connectivity index (χ0n) is 9.09. The fourth-order valence-electron chi connectivity index (χ4n) is 1.55. The predicted molar refractivity (Wildman–Crippen MR) is 64.4 cm³/mol. The molecule has 1 aliphatic heterocycles. The Morgan fingerprint density at radius 1 is 1.81 bits per heavy atom. The molecule has 0 radical (unpaired) electrons. The fraction of sp³-hybridized carbons (Fsp3) is 0.455. The van der Waals surface area contributed by atoms with Crippen LogP contribution in [0.3, 0.4) is 0 Å². The van der Waals surface area contributed by atoms with Crippen molar-refractivity contribution in [2.24, 2.45) is 5.92 Å². The van der Waals surface area contributed by atoms with E-state index < -0.39 is 12.0 Å². The third-order valence-corrected chi connectivity index (χ3v) is 3.10. The van der Waals surface area contributed by atoms with E-state index in [1.807, 2.05) is 0 Å². The van der Waals surface area contributed by atoms with Gasteiger partial charge in [-0.25, -0.2) is 4.79 Å². The number of carbonyl (C=O) groups is 2. The molecule has 1 N–H and O–H groups in total. The van der Waals surface area contributed by atoms with Crippen LogP contribution >= 0.6 is 12.6 Å². The minimum Gasteiger partial charge on any atom is -0.479 e. The molecule has 0 fully saturated rings. The van der Waals surface area contributed by atoms with Gasteiger partial charge in [0.1, 0.15) is 6.04 Å². The molecule has 4 nitrogen and oxygen atoms in total. The summed E-state index contributed by atoms with van der Waals surface area (Å²) < 4.78 is 0. The minimum atomic E-state index is -1.02. The van der Waals surface area contributed by atoms with Crippen molar-refractivity contribution in [2.45, 2.75) is 13.0 Å². The number of rotatable bonds is 4. The van der Waals surface area contributed by atoms with E-state index in [0.717, 1.165) is 5.57 Å². The van der Waals surface area contributed by atoms with Crippen LogP contribution in [0.4, 0.5) is 0 Å². The summed E-state index contributed by atoms with van der Waals surface area (Å²) in [5.74, 6) is -1.07. The highest BCUT2D eigenvalue weighted by atomic mass is 32.1. The number of hydrogen-bond acceptors (Lipinski definition) is 3. The third-order valence-electron chi connectivity index (χ3n) is 2.55. The average Bonchev–Trinajstić information content (AvgIpc) is 2.71. The third kappa shape index (κ3) is 2.47. The summed E-state index contributed by atoms with van der Waals surface area (Å²) in [6.07, 6.45) is 3.13. The topological polar surface area (TPSA) is 57.6 Å². The van der Waals surface area contributed by atoms with Crippen LogP contribution in [0.2, 0.25) is 0 Å². The van der Waals surface area contributed by atoms with Crippen molar-refractivity contribution < 1.29 is 14.7 Å². The maximum atomic E-state index is 11.9. The van der Waals surface area contributed by atoms with Crippen LogP contribution in [0.25, 0.3) is 0 Å². The molecular weight excluding hydrogens is 226 g/mol. The van der Waals surface area contributed by atoms with Gasteiger partial charge in [0.25, 0.3) is 0 Å². The van der Waals surface area contributed by atoms with Gasteiger partial charge in [0.05, 0.1) is 0 Å². The first kappa shape index (κ1) is 12.8. The molecule has 5 heteroatoms. The van der Waals surface area contributed by atoms with Gasteiger partial charge in [0.15, 0.2) is 0 Å². The highest BCUT2D eigenvalue weighted by Crippen LogP contribution is 2.20. The molecule has 1 amide bonds. The van der Waals surface area contributed by atoms with Crippen molar-refractivity contribution in [3.63, 3.8) is 0 Å². The van der Waals surface area contributed by atoms with Crippen LogP contribution in [0.15, 0.2) is 24.3 Å². The number of aliphatic carboxylic acids is 1. The van der Waals surface area contributed by atoms with Gasteiger partial charge in [-0.15, -0.1) is 0 Å². The molecule has 2 atom stereocenters. The summed E-state index contributed by atoms with van der Waals surface area (Å²) in [4.78, 5) is 24.2. The Balaban J connectivity index is 2.86. The van der Waals surface area contributed by atoms with Gasteiger partial charge in [-0.05, 0) is 11.6 Å². The quantitative estimate of drug-likeness (QED) is 0.721. The van der Waals surface area contributed by atoms with Crippen LogP contribution in [0.5, 0.6) is 0 Å². The van der Waals surface area contributed by atoms with Gasteiger partial charge in [-0.2, -0.15) is 12.6 Å². The lowest BCUT2D eigenvalue weighted by Gasteiger charge is -2.24. The predicted octanol–water partition coefficient (Wildman–Crippen LogP) is 0.960. The minimum absolute atomic E-state index is 0.185. The molecule has 16 heavy (non-hydrogen) atoms. The monoisotopic (exact) mass is 241 g/mol. The summed E-state index contributed by atoms with van der Waals surface area (Å²) >= 11 is 4.04. The summed E-state index contributed by atoms with van der Waals surface area (Å²) in [5, 5.41) is 9.01. The second kappa shape index (κ2) is 5.21. The fourth-order valence-corrected chi connectivity index (χ4v) is 1.71. The Labute approximate surface area is 100 Å². The van der Waals surface area contributed by atoms with Gasteiger partial charge in [0, 0.05) is 18.2 Å². The number of hydrogen-bond donors (Lipinski definition) is 2. The lowest BCUT2D eigenvalue weighted by molar-refractivity contribution is -0.148. The average molecular weight is 241 g/mol. The first-order valence-corrected chi connectivity index (χ1v) is 5.61. The maximum absolute atomic E-state index is 11.9. The van der Waals surface area contributed by atoms with E-state index in [0.29, 0.717) is 12.3 Å². The second-order valence-electron chi connectivity index (χ2n) is 3.78. The second-order valence-corrected chi connectivity index (χ2v) is 4.14. The van der Waals surface area contributed by atoms with E-state index in [9.17, 15) is 9.59 Å². The zero-order chi connectivity index (χ0) is 12.3. The van der Waals surface area contributed by atoms with Gasteiger partial charge < -0.3 is 10.0 Å². The lowest BCUT2D eigenvalue weighted by atomic mass is 10.1. The summed E-state index contributed by atoms with van der Waals surface area (Å²) in [6.45, 7) is 5.63. The molecular formula is C11H15NO3S. The van der Waals surface area contributed by atoms with E-state index >= 15 is 0 Å². The van der Waals surface area contributed by atoms with Crippen molar-refractivity contribution in [3.8, 4) is 0 Å². The molecule has 0 aromatic heterocycles. The van der Waals surface area contributed by atoms with Gasteiger partial charge in [0.2, 0.25) is 5.91 Å². The van der Waals surface area contributed by atoms with E-state index in [1.165, 1.54) is 4.90 Å². The number of carboxylic acid groups (broad SMARTS) is 1. The van der Waals surface area contributed by atoms with Gasteiger partial charge in [-0.1, -0.05) is 19.6 Å². The number of amides is 1. The Morgan fingerprint density at radius 3 is 2.88 bits per heavy atom. The van der Waals surface area contributed by atoms with Crippen LogP contribution in [-0.2, 0) is 9.59 Å². The maximum Gasteiger partial charge on any atom is 0.330 e. The number of thiol groups is 1. The smallest absolute Gasteiger partial charge is 0.330 e. The van der Waals surface area contributed by atoms with Crippen molar-refractivity contribution in [3.05, 3.63) is 24.3 Å². The van der Waals surface area contributed by atoms with E-state index in [2.05, 4.69) is 19.2 Å². The first-order valence-electron chi connectivity index (χ1n) is 4.98. The van der Waals surface area contributed by atoms with Crippen molar-refractivity contribution in [1.29, 1.82) is 0 Å². The summed E-state index contributed by atoms with van der Waals surface area (Å²) in [6, 6.07) is -0.872. The highest BCUT2D eigenvalue weighted by Gasteiger charge is 2.34.